The second-order valence-electron chi connectivity index (χ2n) is 9.05. The molecule has 2 fully saturated rings. The first-order valence-electron chi connectivity index (χ1n) is 11.8. The third kappa shape index (κ3) is 4.23. The number of thiazole rings is 1. The summed E-state index contributed by atoms with van der Waals surface area (Å²) in [5.41, 5.74) is 3.73. The van der Waals surface area contributed by atoms with E-state index in [1.54, 1.807) is 11.3 Å². The molecule has 8 heteroatoms. The van der Waals surface area contributed by atoms with Crippen LogP contribution in [0, 0.1) is 12.8 Å². The van der Waals surface area contributed by atoms with Gasteiger partial charge in [-0.15, -0.1) is 11.3 Å². The standard InChI is InChI=1S/C26H27N3O4S/c1-3-33-26(32)18-10-12-28(13-11-18)21-15-23(30)29(25(21)31)19-7-5-17(6-8-19)24-27-20-9-4-16(2)14-22(20)34-24/h4-9,14,18,21H,3,10-13,15H2,1-2H3/p+1/t21-/m1/s1. The summed E-state index contributed by atoms with van der Waals surface area (Å²) in [5.74, 6) is -0.581. The number of benzene rings is 2. The molecule has 1 N–H and O–H groups in total. The zero-order valence-electron chi connectivity index (χ0n) is 19.4. The fourth-order valence-corrected chi connectivity index (χ4v) is 6.03. The van der Waals surface area contributed by atoms with Gasteiger partial charge >= 0.3 is 5.97 Å². The summed E-state index contributed by atoms with van der Waals surface area (Å²) >= 11 is 1.63. The van der Waals surface area contributed by atoms with Gasteiger partial charge in [0.05, 0.1) is 47.9 Å². The summed E-state index contributed by atoms with van der Waals surface area (Å²) in [6, 6.07) is 13.3. The van der Waals surface area contributed by atoms with Gasteiger partial charge in [0.2, 0.25) is 5.91 Å². The van der Waals surface area contributed by atoms with E-state index in [0.29, 0.717) is 38.2 Å². The number of carbonyl (C=O) groups is 3. The zero-order chi connectivity index (χ0) is 23.8. The summed E-state index contributed by atoms with van der Waals surface area (Å²) in [6.45, 7) is 5.64. The van der Waals surface area contributed by atoms with Crippen molar-refractivity contribution in [3.8, 4) is 10.6 Å². The molecule has 176 valence electrons. The first kappa shape index (κ1) is 22.7. The van der Waals surface area contributed by atoms with Crippen molar-refractivity contribution in [3.63, 3.8) is 0 Å². The molecule has 7 nitrogen and oxygen atoms in total. The van der Waals surface area contributed by atoms with Gasteiger partial charge in [-0.1, -0.05) is 6.07 Å². The molecular formula is C26H28N3O4S+. The van der Waals surface area contributed by atoms with E-state index >= 15 is 0 Å². The molecule has 0 spiro atoms. The fourth-order valence-electron chi connectivity index (χ4n) is 4.96. The summed E-state index contributed by atoms with van der Waals surface area (Å²) in [4.78, 5) is 45.2. The van der Waals surface area contributed by atoms with Crippen LogP contribution in [-0.4, -0.2) is 48.5 Å². The molecule has 1 atom stereocenters. The Labute approximate surface area is 202 Å². The number of ether oxygens (including phenoxy) is 1. The smallest absolute Gasteiger partial charge is 0.309 e. The highest BCUT2D eigenvalue weighted by Crippen LogP contribution is 2.32. The molecule has 5 rings (SSSR count). The van der Waals surface area contributed by atoms with Crippen molar-refractivity contribution in [3.05, 3.63) is 48.0 Å². The van der Waals surface area contributed by atoms with Crippen LogP contribution in [0.4, 0.5) is 5.69 Å². The Hall–Kier alpha value is -3.10. The van der Waals surface area contributed by atoms with Crippen molar-refractivity contribution in [1.29, 1.82) is 0 Å². The second-order valence-corrected chi connectivity index (χ2v) is 10.1. The summed E-state index contributed by atoms with van der Waals surface area (Å²) < 4.78 is 6.28. The number of fused-ring (bicyclic) bond motifs is 1. The van der Waals surface area contributed by atoms with E-state index < -0.39 is 0 Å². The van der Waals surface area contributed by atoms with E-state index in [4.69, 9.17) is 9.72 Å². The number of imide groups is 1. The molecule has 3 aromatic rings. The molecule has 0 bridgehead atoms. The first-order valence-corrected chi connectivity index (χ1v) is 12.6. The Bertz CT molecular complexity index is 1240. The van der Waals surface area contributed by atoms with Crippen molar-refractivity contribution < 1.29 is 24.0 Å². The summed E-state index contributed by atoms with van der Waals surface area (Å²) in [5, 5.41) is 0.915. The number of anilines is 1. The van der Waals surface area contributed by atoms with Gasteiger partial charge in [0, 0.05) is 18.4 Å². The molecule has 0 saturated carbocycles. The minimum Gasteiger partial charge on any atom is -0.466 e. The number of esters is 1. The van der Waals surface area contributed by atoms with Crippen LogP contribution < -0.4 is 9.80 Å². The Kier molecular flexibility index (Phi) is 6.18. The third-order valence-corrected chi connectivity index (χ3v) is 7.87. The van der Waals surface area contributed by atoms with Gasteiger partial charge in [-0.25, -0.2) is 9.88 Å². The third-order valence-electron chi connectivity index (χ3n) is 6.80. The SMILES string of the molecule is CCOC(=O)C1CC[NH+]([C@@H]2CC(=O)N(c3ccc(-c4nc5ccc(C)cc5s4)cc3)C2=O)CC1. The molecule has 2 saturated heterocycles. The fraction of sp³-hybridized carbons (Fsp3) is 0.385. The summed E-state index contributed by atoms with van der Waals surface area (Å²) in [7, 11) is 0. The van der Waals surface area contributed by atoms with Crippen LogP contribution in [0.15, 0.2) is 42.5 Å². The van der Waals surface area contributed by atoms with Gasteiger partial charge in [0.15, 0.2) is 6.04 Å². The number of aromatic nitrogens is 1. The normalized spacial score (nSPS) is 23.0. The van der Waals surface area contributed by atoms with Crippen LogP contribution in [0.25, 0.3) is 20.8 Å². The van der Waals surface area contributed by atoms with Crippen molar-refractivity contribution in [2.24, 2.45) is 5.92 Å². The molecule has 34 heavy (non-hydrogen) atoms. The lowest BCUT2D eigenvalue weighted by molar-refractivity contribution is -0.920. The van der Waals surface area contributed by atoms with Crippen LogP contribution in [0.3, 0.4) is 0 Å². The van der Waals surface area contributed by atoms with E-state index in [9.17, 15) is 14.4 Å². The lowest BCUT2D eigenvalue weighted by Crippen LogP contribution is -3.17. The molecule has 3 heterocycles. The molecule has 0 radical (unpaired) electrons. The van der Waals surface area contributed by atoms with Crippen LogP contribution in [0.2, 0.25) is 0 Å². The number of aryl methyl sites for hydroxylation is 1. The second kappa shape index (κ2) is 9.27. The number of quaternary nitrogens is 1. The maximum Gasteiger partial charge on any atom is 0.309 e. The minimum absolute atomic E-state index is 0.106. The molecule has 2 aliphatic heterocycles. The highest BCUT2D eigenvalue weighted by Gasteiger charge is 2.47. The molecule has 0 aliphatic carbocycles. The van der Waals surface area contributed by atoms with Gasteiger partial charge in [-0.2, -0.15) is 0 Å². The van der Waals surface area contributed by atoms with Crippen molar-refractivity contribution in [1.82, 2.24) is 4.98 Å². The number of hydrogen-bond donors (Lipinski definition) is 1. The van der Waals surface area contributed by atoms with Crippen LogP contribution in [0.5, 0.6) is 0 Å². The molecule has 2 aromatic carbocycles. The number of rotatable bonds is 5. The maximum atomic E-state index is 13.2. The average Bonchev–Trinajstić information content (AvgIpc) is 3.39. The Morgan fingerprint density at radius 1 is 1.15 bits per heavy atom. The minimum atomic E-state index is -0.386. The first-order chi connectivity index (χ1) is 16.4. The molecule has 0 unspecified atom stereocenters. The van der Waals surface area contributed by atoms with Crippen molar-refractivity contribution >= 4 is 45.0 Å². The summed E-state index contributed by atoms with van der Waals surface area (Å²) in [6.07, 6.45) is 1.57. The van der Waals surface area contributed by atoms with E-state index in [0.717, 1.165) is 25.7 Å². The Morgan fingerprint density at radius 2 is 1.88 bits per heavy atom. The van der Waals surface area contributed by atoms with E-state index in [-0.39, 0.29) is 36.2 Å². The van der Waals surface area contributed by atoms with E-state index in [1.807, 2.05) is 37.3 Å². The van der Waals surface area contributed by atoms with Gasteiger partial charge in [-0.3, -0.25) is 14.4 Å². The average molecular weight is 479 g/mol. The quantitative estimate of drug-likeness (QED) is 0.451. The molecular weight excluding hydrogens is 450 g/mol. The number of piperidine rings is 1. The number of hydrogen-bond acceptors (Lipinski definition) is 6. The van der Waals surface area contributed by atoms with Crippen LogP contribution in [0.1, 0.15) is 31.7 Å². The number of amides is 2. The zero-order valence-corrected chi connectivity index (χ0v) is 20.2. The van der Waals surface area contributed by atoms with Crippen LogP contribution >= 0.6 is 11.3 Å². The molecule has 2 amide bonds. The van der Waals surface area contributed by atoms with Gasteiger partial charge in [0.1, 0.15) is 5.01 Å². The molecule has 1 aromatic heterocycles. The van der Waals surface area contributed by atoms with E-state index in [2.05, 4.69) is 19.1 Å². The largest absolute Gasteiger partial charge is 0.466 e. The topological polar surface area (TPSA) is 81.0 Å². The van der Waals surface area contributed by atoms with Crippen molar-refractivity contribution in [2.45, 2.75) is 39.2 Å². The number of nitrogens with zero attached hydrogens (tertiary/aromatic N) is 2. The molecule has 2 aliphatic rings. The van der Waals surface area contributed by atoms with Crippen LogP contribution in [-0.2, 0) is 19.1 Å². The lowest BCUT2D eigenvalue weighted by Gasteiger charge is -2.31. The van der Waals surface area contributed by atoms with Gasteiger partial charge in [0.25, 0.3) is 5.91 Å². The maximum absolute atomic E-state index is 13.2. The van der Waals surface area contributed by atoms with Crippen molar-refractivity contribution in [2.75, 3.05) is 24.6 Å². The highest BCUT2D eigenvalue weighted by atomic mass is 32.1. The van der Waals surface area contributed by atoms with Gasteiger partial charge in [-0.05, 0) is 55.8 Å². The van der Waals surface area contributed by atoms with E-state index in [1.165, 1.54) is 10.5 Å². The van der Waals surface area contributed by atoms with Gasteiger partial charge < -0.3 is 9.64 Å². The predicted octanol–water partition coefficient (Wildman–Crippen LogP) is 2.76. The predicted molar refractivity (Wildman–Crippen MR) is 131 cm³/mol. The highest BCUT2D eigenvalue weighted by molar-refractivity contribution is 7.21. The number of likely N-dealkylation sites (tertiary alicyclic amines) is 1. The lowest BCUT2D eigenvalue weighted by atomic mass is 9.95. The monoisotopic (exact) mass is 478 g/mol. The number of nitrogens with one attached hydrogen (secondary N) is 1. The Balaban J connectivity index is 1.28. The number of carbonyl (C=O) groups excluding carboxylic acids is 3. The Morgan fingerprint density at radius 3 is 2.59 bits per heavy atom.